The lowest BCUT2D eigenvalue weighted by atomic mass is 10.1. The third-order valence-corrected chi connectivity index (χ3v) is 7.79. The number of carbonyl (C=O) groups is 1. The first kappa shape index (κ1) is 27.1. The van der Waals surface area contributed by atoms with Crippen molar-refractivity contribution >= 4 is 22.8 Å². The molecule has 0 unspecified atom stereocenters. The number of piperazine rings is 1. The molecule has 2 fully saturated rings. The number of benzene rings is 2. The monoisotopic (exact) mass is 563 g/mol. The first-order valence-corrected chi connectivity index (χ1v) is 13.7. The van der Waals surface area contributed by atoms with E-state index in [0.29, 0.717) is 19.0 Å². The molecule has 9 nitrogen and oxygen atoms in total. The van der Waals surface area contributed by atoms with Crippen LogP contribution in [-0.4, -0.2) is 68.9 Å². The van der Waals surface area contributed by atoms with Gasteiger partial charge in [-0.05, 0) is 49.7 Å². The number of anilines is 1. The molecule has 0 radical (unpaired) electrons. The van der Waals surface area contributed by atoms with Gasteiger partial charge in [0.15, 0.2) is 0 Å². The number of imidazole rings is 1. The van der Waals surface area contributed by atoms with Gasteiger partial charge in [-0.2, -0.15) is 4.98 Å². The Labute approximate surface area is 235 Å². The molecule has 41 heavy (non-hydrogen) atoms. The lowest BCUT2D eigenvalue weighted by Crippen LogP contribution is -2.52. The number of rotatable bonds is 9. The second kappa shape index (κ2) is 11.4. The Balaban J connectivity index is 1.14. The summed E-state index contributed by atoms with van der Waals surface area (Å²) in [4.78, 5) is 25.7. The van der Waals surface area contributed by atoms with Gasteiger partial charge in [0.25, 0.3) is 0 Å². The van der Waals surface area contributed by atoms with E-state index in [1.165, 1.54) is 12.1 Å². The average Bonchev–Trinajstić information content (AvgIpc) is 3.27. The van der Waals surface area contributed by atoms with Gasteiger partial charge >= 0.3 is 5.97 Å². The molecule has 0 amide bonds. The van der Waals surface area contributed by atoms with Crippen molar-refractivity contribution in [1.29, 1.82) is 0 Å². The molecule has 0 saturated carbocycles. The van der Waals surface area contributed by atoms with Gasteiger partial charge in [0, 0.05) is 50.0 Å². The van der Waals surface area contributed by atoms with E-state index in [2.05, 4.69) is 26.3 Å². The molecule has 0 spiro atoms. The molecular weight excluding hydrogens is 532 g/mol. The van der Waals surface area contributed by atoms with E-state index in [-0.39, 0.29) is 29.9 Å². The number of hydrogen-bond acceptors (Lipinski definition) is 7. The van der Waals surface area contributed by atoms with Crippen LogP contribution in [-0.2, 0) is 24.4 Å². The van der Waals surface area contributed by atoms with Crippen molar-refractivity contribution < 1.29 is 28.2 Å². The summed E-state index contributed by atoms with van der Waals surface area (Å²) in [6, 6.07) is 14.2. The first-order valence-electron chi connectivity index (χ1n) is 13.7. The zero-order valence-corrected chi connectivity index (χ0v) is 22.7. The Hall–Kier alpha value is -4.09. The third kappa shape index (κ3) is 5.86. The van der Waals surface area contributed by atoms with Gasteiger partial charge < -0.3 is 24.0 Å². The second-order valence-electron chi connectivity index (χ2n) is 10.6. The third-order valence-electron chi connectivity index (χ3n) is 7.79. The second-order valence-corrected chi connectivity index (χ2v) is 10.6. The number of nitrogens with zero attached hydrogens (tertiary/aromatic N) is 5. The smallest absolute Gasteiger partial charge is 0.335 e. The van der Waals surface area contributed by atoms with Crippen LogP contribution >= 0.6 is 0 Å². The molecule has 0 bridgehead atoms. The summed E-state index contributed by atoms with van der Waals surface area (Å²) in [7, 11) is 0. The van der Waals surface area contributed by atoms with E-state index in [0.717, 1.165) is 61.4 Å². The molecule has 4 heterocycles. The van der Waals surface area contributed by atoms with Crippen LogP contribution in [0.2, 0.25) is 0 Å². The number of pyridine rings is 1. The fourth-order valence-corrected chi connectivity index (χ4v) is 5.33. The minimum absolute atomic E-state index is 0.0480. The van der Waals surface area contributed by atoms with E-state index < -0.39 is 17.6 Å². The maximum Gasteiger partial charge on any atom is 0.335 e. The van der Waals surface area contributed by atoms with E-state index in [1.54, 1.807) is 24.3 Å². The van der Waals surface area contributed by atoms with Crippen LogP contribution in [0.3, 0.4) is 0 Å². The number of carboxylic acid groups (broad SMARTS) is 1. The van der Waals surface area contributed by atoms with E-state index >= 15 is 0 Å². The maximum absolute atomic E-state index is 14.0. The molecule has 2 aromatic heterocycles. The molecular formula is C30H31F2N5O4. The molecule has 0 aliphatic carbocycles. The fraction of sp³-hybridized carbons (Fsp3) is 0.367. The zero-order valence-electron chi connectivity index (χ0n) is 22.7. The normalized spacial score (nSPS) is 19.3. The summed E-state index contributed by atoms with van der Waals surface area (Å²) in [6.07, 6.45) is 1.08. The van der Waals surface area contributed by atoms with Crippen LogP contribution in [0.15, 0.2) is 54.6 Å². The van der Waals surface area contributed by atoms with Crippen molar-refractivity contribution in [3.8, 4) is 5.88 Å². The minimum atomic E-state index is -0.962. The number of aromatic nitrogens is 3. The molecule has 6 rings (SSSR count). The average molecular weight is 564 g/mol. The van der Waals surface area contributed by atoms with Crippen molar-refractivity contribution in [3.05, 3.63) is 83.2 Å². The van der Waals surface area contributed by atoms with Crippen molar-refractivity contribution in [3.63, 3.8) is 0 Å². The van der Waals surface area contributed by atoms with Crippen molar-refractivity contribution in [2.24, 2.45) is 0 Å². The van der Waals surface area contributed by atoms with Gasteiger partial charge in [-0.25, -0.2) is 18.6 Å². The highest BCUT2D eigenvalue weighted by molar-refractivity contribution is 5.92. The summed E-state index contributed by atoms with van der Waals surface area (Å²) in [5.74, 6) is -0.215. The van der Waals surface area contributed by atoms with Gasteiger partial charge in [0.1, 0.15) is 29.9 Å². The number of fused-ring (bicyclic) bond motifs is 1. The van der Waals surface area contributed by atoms with E-state index in [1.807, 2.05) is 12.1 Å². The Morgan fingerprint density at radius 1 is 1.12 bits per heavy atom. The van der Waals surface area contributed by atoms with Crippen LogP contribution in [0.5, 0.6) is 5.88 Å². The fourth-order valence-electron chi connectivity index (χ4n) is 5.33. The van der Waals surface area contributed by atoms with Gasteiger partial charge in [0.05, 0.1) is 35.8 Å². The predicted molar refractivity (Wildman–Crippen MR) is 148 cm³/mol. The molecule has 2 atom stereocenters. The zero-order chi connectivity index (χ0) is 28.5. The maximum atomic E-state index is 14.0. The molecule has 4 aromatic rings. The molecule has 2 saturated heterocycles. The number of carboxylic acids is 1. The van der Waals surface area contributed by atoms with Crippen LogP contribution in [0.4, 0.5) is 14.6 Å². The SMILES string of the molecule is C[C@H]1CN(c2cccc(OCc3ccc(F)cc3F)n2)CCN1Cc1nc2ccc(C(=O)O)cc2n1C[C@@H]1CCO1. The summed E-state index contributed by atoms with van der Waals surface area (Å²) in [5, 5.41) is 9.51. The highest BCUT2D eigenvalue weighted by Gasteiger charge is 2.28. The number of aromatic carboxylic acids is 1. The lowest BCUT2D eigenvalue weighted by molar-refractivity contribution is -0.0592. The molecule has 2 aliphatic rings. The quantitative estimate of drug-likeness (QED) is 0.319. The van der Waals surface area contributed by atoms with E-state index in [4.69, 9.17) is 14.5 Å². The van der Waals surface area contributed by atoms with Crippen LogP contribution in [0.25, 0.3) is 11.0 Å². The van der Waals surface area contributed by atoms with E-state index in [9.17, 15) is 18.7 Å². The number of halogens is 2. The lowest BCUT2D eigenvalue weighted by Gasteiger charge is -2.40. The molecule has 2 aliphatic heterocycles. The topological polar surface area (TPSA) is 93.0 Å². The molecule has 2 aromatic carbocycles. The van der Waals surface area contributed by atoms with Gasteiger partial charge in [-0.1, -0.05) is 6.07 Å². The van der Waals surface area contributed by atoms with Gasteiger partial charge in [-0.3, -0.25) is 4.90 Å². The highest BCUT2D eigenvalue weighted by Crippen LogP contribution is 2.26. The summed E-state index contributed by atoms with van der Waals surface area (Å²) in [5.41, 5.74) is 2.08. The number of hydrogen-bond donors (Lipinski definition) is 1. The highest BCUT2D eigenvalue weighted by atomic mass is 19.1. The molecule has 214 valence electrons. The summed E-state index contributed by atoms with van der Waals surface area (Å²) < 4.78 is 40.7. The van der Waals surface area contributed by atoms with Gasteiger partial charge in [-0.15, -0.1) is 0 Å². The Morgan fingerprint density at radius 3 is 2.71 bits per heavy atom. The van der Waals surface area contributed by atoms with Crippen molar-refractivity contribution in [2.75, 3.05) is 31.1 Å². The Kier molecular flexibility index (Phi) is 7.55. The standard InChI is InChI=1S/C30H31F2N5O4/c1-19-15-36(27-3-2-4-29(34-27)41-18-21-5-7-22(31)14-24(21)32)11-10-35(19)17-28-33-25-8-6-20(30(38)39)13-26(25)37(28)16-23-9-12-40-23/h2-8,13-14,19,23H,9-12,15-18H2,1H3,(H,38,39)/t19-,23-/m0/s1. The van der Waals surface area contributed by atoms with Crippen LogP contribution in [0.1, 0.15) is 35.1 Å². The first-order chi connectivity index (χ1) is 19.8. The predicted octanol–water partition coefficient (Wildman–Crippen LogP) is 4.49. The summed E-state index contributed by atoms with van der Waals surface area (Å²) >= 11 is 0. The Morgan fingerprint density at radius 2 is 1.98 bits per heavy atom. The van der Waals surface area contributed by atoms with Crippen molar-refractivity contribution in [1.82, 2.24) is 19.4 Å². The van der Waals surface area contributed by atoms with Crippen LogP contribution < -0.4 is 9.64 Å². The minimum Gasteiger partial charge on any atom is -0.478 e. The molecule has 11 heteroatoms. The molecule has 1 N–H and O–H groups in total. The van der Waals surface area contributed by atoms with Gasteiger partial charge in [0.2, 0.25) is 5.88 Å². The summed E-state index contributed by atoms with van der Waals surface area (Å²) in [6.45, 7) is 6.37. The largest absolute Gasteiger partial charge is 0.478 e. The Bertz CT molecular complexity index is 1570. The number of ether oxygens (including phenoxy) is 2. The van der Waals surface area contributed by atoms with Crippen molar-refractivity contribution in [2.45, 2.75) is 45.2 Å². The van der Waals surface area contributed by atoms with Crippen LogP contribution in [0, 0.1) is 11.6 Å².